The summed E-state index contributed by atoms with van der Waals surface area (Å²) >= 11 is 0. The number of hydrogen-bond acceptors (Lipinski definition) is 3. The first kappa shape index (κ1) is 11.5. The molecule has 0 saturated carbocycles. The van der Waals surface area contributed by atoms with Crippen molar-refractivity contribution in [3.05, 3.63) is 0 Å². The third-order valence-corrected chi connectivity index (χ3v) is 0.968. The fraction of sp³-hybridized carbons (Fsp3) is 1.00. The van der Waals surface area contributed by atoms with Gasteiger partial charge in [-0.2, -0.15) is 13.2 Å². The van der Waals surface area contributed by atoms with Crippen LogP contribution >= 0.6 is 0 Å². The minimum Gasteiger partial charge on any atom is -0.344 e. The van der Waals surface area contributed by atoms with Crippen molar-refractivity contribution in [1.82, 2.24) is 6.15 Å². The highest BCUT2D eigenvalue weighted by Crippen LogP contribution is 2.18. The van der Waals surface area contributed by atoms with Crippen molar-refractivity contribution < 1.29 is 21.6 Å². The Balaban J connectivity index is 0. The van der Waals surface area contributed by atoms with E-state index >= 15 is 0 Å². The van der Waals surface area contributed by atoms with Crippen LogP contribution in [0.3, 0.4) is 0 Å². The van der Waals surface area contributed by atoms with Gasteiger partial charge in [0.05, 0.1) is 0 Å². The molecule has 0 heterocycles. The smallest absolute Gasteiger partial charge is 0.344 e. The van der Waals surface area contributed by atoms with Gasteiger partial charge < -0.3 is 6.15 Å². The Bertz CT molecular complexity index is 169. The minimum absolute atomic E-state index is 0. The summed E-state index contributed by atoms with van der Waals surface area (Å²) in [5.74, 6) is 0. The minimum atomic E-state index is -5.34. The monoisotopic (exact) mass is 166 g/mol. The summed E-state index contributed by atoms with van der Waals surface area (Å²) in [5.41, 5.74) is -5.31. The molecule has 58 valence electrons. The van der Waals surface area contributed by atoms with Crippen molar-refractivity contribution in [2.45, 2.75) is 5.51 Å². The predicted molar refractivity (Wildman–Crippen MR) is 24.2 cm³/mol. The average Bonchev–Trinajstić information content (AvgIpc) is 1.25. The fourth-order valence-electron chi connectivity index (χ4n) is 0. The number of alkyl halides is 3. The van der Waals surface area contributed by atoms with E-state index in [1.807, 2.05) is 0 Å². The van der Waals surface area contributed by atoms with Crippen molar-refractivity contribution in [1.29, 1.82) is 0 Å². The third-order valence-electron chi connectivity index (χ3n) is 0.323. The number of sulfonamides is 1. The van der Waals surface area contributed by atoms with Crippen LogP contribution in [0.1, 0.15) is 0 Å². The van der Waals surface area contributed by atoms with E-state index in [-0.39, 0.29) is 6.15 Å². The van der Waals surface area contributed by atoms with Crippen LogP contribution in [-0.4, -0.2) is 13.9 Å². The molecule has 0 rings (SSSR count). The zero-order valence-corrected chi connectivity index (χ0v) is 4.96. The van der Waals surface area contributed by atoms with Crippen molar-refractivity contribution in [3.63, 3.8) is 0 Å². The van der Waals surface area contributed by atoms with Gasteiger partial charge >= 0.3 is 15.5 Å². The van der Waals surface area contributed by atoms with Crippen LogP contribution in [0, 0.1) is 0 Å². The van der Waals surface area contributed by atoms with Gasteiger partial charge in [0.1, 0.15) is 0 Å². The molecule has 0 aliphatic heterocycles. The first-order chi connectivity index (χ1) is 3.25. The quantitative estimate of drug-likeness (QED) is 0.528. The number of nitrogens with two attached hydrogens (primary N) is 1. The second kappa shape index (κ2) is 2.50. The lowest BCUT2D eigenvalue weighted by atomic mass is 11.6. The second-order valence-electron chi connectivity index (χ2n) is 0.991. The molecule has 0 atom stereocenters. The van der Waals surface area contributed by atoms with Crippen LogP contribution in [0.4, 0.5) is 13.2 Å². The average molecular weight is 166 g/mol. The number of rotatable bonds is 0. The molecule has 9 heavy (non-hydrogen) atoms. The predicted octanol–water partition coefficient (Wildman–Crippen LogP) is -0.0433. The molecule has 0 radical (unpaired) electrons. The summed E-state index contributed by atoms with van der Waals surface area (Å²) < 4.78 is 51.2. The van der Waals surface area contributed by atoms with E-state index in [1.54, 1.807) is 0 Å². The standard InChI is InChI=1S/CH2F3NO2S.H3N/c2-1(3,4)8(5,6)7;/h(H2,5,6,7);1H3. The largest absolute Gasteiger partial charge is 0.511 e. The zero-order valence-electron chi connectivity index (χ0n) is 4.14. The second-order valence-corrected chi connectivity index (χ2v) is 2.54. The summed E-state index contributed by atoms with van der Waals surface area (Å²) in [4.78, 5) is 0. The van der Waals surface area contributed by atoms with E-state index in [2.05, 4.69) is 5.14 Å². The lowest BCUT2D eigenvalue weighted by Gasteiger charge is -1.98. The zero-order chi connectivity index (χ0) is 7.00. The summed E-state index contributed by atoms with van der Waals surface area (Å²) in [6.45, 7) is 0. The van der Waals surface area contributed by atoms with Crippen molar-refractivity contribution >= 4 is 10.0 Å². The van der Waals surface area contributed by atoms with E-state index in [9.17, 15) is 21.6 Å². The summed E-state index contributed by atoms with van der Waals surface area (Å²) in [6.07, 6.45) is 0. The summed E-state index contributed by atoms with van der Waals surface area (Å²) in [7, 11) is -5.34. The van der Waals surface area contributed by atoms with Crippen molar-refractivity contribution in [3.8, 4) is 0 Å². The molecule has 0 amide bonds. The van der Waals surface area contributed by atoms with Gasteiger partial charge in [0, 0.05) is 0 Å². The van der Waals surface area contributed by atoms with Crippen LogP contribution in [0.15, 0.2) is 0 Å². The molecule has 0 bridgehead atoms. The Hall–Kier alpha value is -0.340. The Kier molecular flexibility index (Phi) is 3.18. The van der Waals surface area contributed by atoms with Gasteiger partial charge in [0.2, 0.25) is 0 Å². The van der Waals surface area contributed by atoms with Gasteiger partial charge in [-0.15, -0.1) is 0 Å². The molecule has 5 N–H and O–H groups in total. The molecule has 8 heteroatoms. The van der Waals surface area contributed by atoms with Gasteiger partial charge in [-0.1, -0.05) is 0 Å². The third kappa shape index (κ3) is 3.27. The molecule has 0 spiro atoms. The maximum atomic E-state index is 10.8. The van der Waals surface area contributed by atoms with E-state index in [0.29, 0.717) is 0 Å². The number of hydrogen-bond donors (Lipinski definition) is 2. The molecular formula is CH5F3N2O2S. The van der Waals surface area contributed by atoms with Crippen LogP contribution in [-0.2, 0) is 10.0 Å². The van der Waals surface area contributed by atoms with Crippen molar-refractivity contribution in [2.75, 3.05) is 0 Å². The normalized spacial score (nSPS) is 12.4. The Morgan fingerprint density at radius 1 is 1.22 bits per heavy atom. The molecule has 0 aromatic rings. The number of primary sulfonamides is 1. The van der Waals surface area contributed by atoms with E-state index in [1.165, 1.54) is 0 Å². The van der Waals surface area contributed by atoms with Gasteiger partial charge in [-0.3, -0.25) is 0 Å². The van der Waals surface area contributed by atoms with Crippen LogP contribution in [0.25, 0.3) is 0 Å². The molecule has 0 aromatic carbocycles. The van der Waals surface area contributed by atoms with Crippen LogP contribution < -0.4 is 11.3 Å². The summed E-state index contributed by atoms with van der Waals surface area (Å²) in [6, 6.07) is 0. The lowest BCUT2D eigenvalue weighted by Crippen LogP contribution is -2.30. The molecule has 4 nitrogen and oxygen atoms in total. The number of halogens is 3. The topological polar surface area (TPSA) is 95.2 Å². The van der Waals surface area contributed by atoms with E-state index in [0.717, 1.165) is 0 Å². The SMILES string of the molecule is N.NS(=O)(=O)C(F)(F)F. The van der Waals surface area contributed by atoms with Gasteiger partial charge in [-0.05, 0) is 0 Å². The Morgan fingerprint density at radius 3 is 1.33 bits per heavy atom. The first-order valence-corrected chi connectivity index (χ1v) is 2.89. The van der Waals surface area contributed by atoms with E-state index < -0.39 is 15.5 Å². The fourth-order valence-corrected chi connectivity index (χ4v) is 0. The van der Waals surface area contributed by atoms with E-state index in [4.69, 9.17) is 0 Å². The van der Waals surface area contributed by atoms with Crippen LogP contribution in [0.5, 0.6) is 0 Å². The molecule has 0 fully saturated rings. The maximum Gasteiger partial charge on any atom is 0.511 e. The molecule has 0 aliphatic carbocycles. The Labute approximate surface area is 49.5 Å². The lowest BCUT2D eigenvalue weighted by molar-refractivity contribution is -0.0436. The first-order valence-electron chi connectivity index (χ1n) is 1.34. The van der Waals surface area contributed by atoms with Gasteiger partial charge in [-0.25, -0.2) is 13.6 Å². The van der Waals surface area contributed by atoms with Gasteiger partial charge in [0.15, 0.2) is 0 Å². The van der Waals surface area contributed by atoms with Crippen LogP contribution in [0.2, 0.25) is 0 Å². The van der Waals surface area contributed by atoms with Crippen molar-refractivity contribution in [2.24, 2.45) is 5.14 Å². The maximum absolute atomic E-state index is 10.8. The van der Waals surface area contributed by atoms with Gasteiger partial charge in [0.25, 0.3) is 0 Å². The highest BCUT2D eigenvalue weighted by molar-refractivity contribution is 7.90. The molecule has 0 aromatic heterocycles. The highest BCUT2D eigenvalue weighted by atomic mass is 32.2. The highest BCUT2D eigenvalue weighted by Gasteiger charge is 2.42. The molecule has 0 unspecified atom stereocenters. The molecule has 0 aliphatic rings. The summed E-state index contributed by atoms with van der Waals surface area (Å²) in [5, 5.41) is 3.66. The molecule has 0 saturated heterocycles. The molecular weight excluding hydrogens is 161 g/mol. The Morgan fingerprint density at radius 2 is 1.33 bits per heavy atom.